The first kappa shape index (κ1) is 16.3. The maximum absolute atomic E-state index is 12.2. The van der Waals surface area contributed by atoms with E-state index in [-0.39, 0.29) is 23.7 Å². The van der Waals surface area contributed by atoms with Gasteiger partial charge in [0.15, 0.2) is 9.84 Å². The first-order valence-electron chi connectivity index (χ1n) is 7.40. The van der Waals surface area contributed by atoms with Gasteiger partial charge in [-0.1, -0.05) is 30.3 Å². The Balaban J connectivity index is 1.65. The molecule has 1 fully saturated rings. The van der Waals surface area contributed by atoms with Crippen LogP contribution in [0.2, 0.25) is 0 Å². The summed E-state index contributed by atoms with van der Waals surface area (Å²) >= 11 is 0. The summed E-state index contributed by atoms with van der Waals surface area (Å²) in [5.41, 5.74) is 5.95. The summed E-state index contributed by atoms with van der Waals surface area (Å²) in [6, 6.07) is 10.9. The third kappa shape index (κ3) is 3.48. The van der Waals surface area contributed by atoms with Crippen LogP contribution in [0.4, 0.5) is 0 Å². The molecule has 0 saturated carbocycles. The van der Waals surface area contributed by atoms with Gasteiger partial charge in [0.25, 0.3) is 0 Å². The molecule has 2 aromatic rings. The number of benzene rings is 1. The zero-order chi connectivity index (χ0) is 17.2. The van der Waals surface area contributed by atoms with Crippen molar-refractivity contribution < 1.29 is 22.4 Å². The molecule has 3 rings (SSSR count). The Bertz CT molecular complexity index is 858. The predicted octanol–water partition coefficient (Wildman–Crippen LogP) is 1.14. The number of carbonyl (C=O) groups excluding carboxylic acids is 2. The average molecular weight is 348 g/mol. The second-order valence-electron chi connectivity index (χ2n) is 5.57. The number of amides is 2. The van der Waals surface area contributed by atoms with Gasteiger partial charge in [0, 0.05) is 5.56 Å². The van der Waals surface area contributed by atoms with E-state index < -0.39 is 27.6 Å². The van der Waals surface area contributed by atoms with Gasteiger partial charge < -0.3 is 4.42 Å². The van der Waals surface area contributed by atoms with Crippen LogP contribution in [0, 0.1) is 5.92 Å². The van der Waals surface area contributed by atoms with Gasteiger partial charge in [-0.15, -0.1) is 0 Å². The number of hydrazine groups is 1. The highest BCUT2D eigenvalue weighted by Gasteiger charge is 2.33. The fourth-order valence-electron chi connectivity index (χ4n) is 2.61. The molecule has 1 atom stereocenters. The van der Waals surface area contributed by atoms with Gasteiger partial charge >= 0.3 is 5.91 Å². The summed E-state index contributed by atoms with van der Waals surface area (Å²) < 4.78 is 28.0. The number of hydrogen-bond acceptors (Lipinski definition) is 5. The summed E-state index contributed by atoms with van der Waals surface area (Å²) in [6.45, 7) is 0. The molecule has 7 nitrogen and oxygen atoms in total. The van der Waals surface area contributed by atoms with Crippen molar-refractivity contribution in [1.29, 1.82) is 0 Å². The van der Waals surface area contributed by atoms with Gasteiger partial charge in [0.2, 0.25) is 11.7 Å². The monoisotopic (exact) mass is 348 g/mol. The normalized spacial score (nSPS) is 18.9. The highest BCUT2D eigenvalue weighted by atomic mass is 32.2. The van der Waals surface area contributed by atoms with Crippen molar-refractivity contribution in [3.63, 3.8) is 0 Å². The molecule has 0 spiro atoms. The van der Waals surface area contributed by atoms with E-state index in [1.807, 2.05) is 30.3 Å². The Kier molecular flexibility index (Phi) is 4.39. The number of hydrogen-bond donors (Lipinski definition) is 2. The molecule has 0 unspecified atom stereocenters. The van der Waals surface area contributed by atoms with Crippen molar-refractivity contribution in [3.05, 3.63) is 48.4 Å². The van der Waals surface area contributed by atoms with Crippen molar-refractivity contribution in [2.75, 3.05) is 11.5 Å². The Hall–Kier alpha value is -2.61. The predicted molar refractivity (Wildman–Crippen MR) is 86.5 cm³/mol. The highest BCUT2D eigenvalue weighted by molar-refractivity contribution is 7.91. The van der Waals surface area contributed by atoms with Crippen molar-refractivity contribution in [3.8, 4) is 11.1 Å². The summed E-state index contributed by atoms with van der Waals surface area (Å²) in [6.07, 6.45) is 1.66. The molecule has 2 heterocycles. The van der Waals surface area contributed by atoms with Crippen molar-refractivity contribution in [2.24, 2.45) is 5.92 Å². The Morgan fingerprint density at radius 2 is 1.83 bits per heavy atom. The molecule has 2 N–H and O–H groups in total. The van der Waals surface area contributed by atoms with Crippen LogP contribution in [0.15, 0.2) is 47.1 Å². The lowest BCUT2D eigenvalue weighted by atomic mass is 10.1. The van der Waals surface area contributed by atoms with Crippen molar-refractivity contribution >= 4 is 21.7 Å². The number of nitrogens with one attached hydrogen (secondary N) is 2. The van der Waals surface area contributed by atoms with E-state index in [1.165, 1.54) is 6.26 Å². The lowest BCUT2D eigenvalue weighted by molar-refractivity contribution is -0.125. The molecule has 1 aliphatic rings. The minimum Gasteiger partial charge on any atom is -0.458 e. The van der Waals surface area contributed by atoms with Crippen molar-refractivity contribution in [2.45, 2.75) is 6.42 Å². The van der Waals surface area contributed by atoms with Crippen LogP contribution in [0.1, 0.15) is 17.0 Å². The molecule has 1 aromatic heterocycles. The Labute approximate surface area is 138 Å². The number of sulfone groups is 1. The van der Waals surface area contributed by atoms with Gasteiger partial charge in [-0.3, -0.25) is 20.4 Å². The first-order chi connectivity index (χ1) is 11.5. The molecule has 2 amide bonds. The van der Waals surface area contributed by atoms with Gasteiger partial charge in [0.1, 0.15) is 0 Å². The van der Waals surface area contributed by atoms with E-state index in [0.717, 1.165) is 5.56 Å². The summed E-state index contributed by atoms with van der Waals surface area (Å²) in [5.74, 6) is -1.88. The summed E-state index contributed by atoms with van der Waals surface area (Å²) in [4.78, 5) is 24.1. The molecule has 24 heavy (non-hydrogen) atoms. The molecule has 0 radical (unpaired) electrons. The van der Waals surface area contributed by atoms with E-state index >= 15 is 0 Å². The lowest BCUT2D eigenvalue weighted by Crippen LogP contribution is -2.44. The molecule has 126 valence electrons. The van der Waals surface area contributed by atoms with E-state index in [1.54, 1.807) is 6.07 Å². The molecule has 1 saturated heterocycles. The summed E-state index contributed by atoms with van der Waals surface area (Å²) in [7, 11) is -3.16. The van der Waals surface area contributed by atoms with E-state index in [2.05, 4.69) is 10.9 Å². The minimum atomic E-state index is -3.16. The van der Waals surface area contributed by atoms with Gasteiger partial charge in [-0.2, -0.15) is 0 Å². The third-order valence-electron chi connectivity index (χ3n) is 3.86. The highest BCUT2D eigenvalue weighted by Crippen LogP contribution is 2.24. The van der Waals surface area contributed by atoms with E-state index in [4.69, 9.17) is 4.42 Å². The van der Waals surface area contributed by atoms with Crippen LogP contribution in [-0.2, 0) is 14.6 Å². The first-order valence-corrected chi connectivity index (χ1v) is 9.22. The molecular weight excluding hydrogens is 332 g/mol. The zero-order valence-corrected chi connectivity index (χ0v) is 13.5. The van der Waals surface area contributed by atoms with Crippen LogP contribution in [0.5, 0.6) is 0 Å². The van der Waals surface area contributed by atoms with Crippen LogP contribution >= 0.6 is 0 Å². The Morgan fingerprint density at radius 1 is 1.08 bits per heavy atom. The molecule has 1 aromatic carbocycles. The second-order valence-corrected chi connectivity index (χ2v) is 7.80. The number of carbonyl (C=O) groups is 2. The SMILES string of the molecule is O=C(NNC(=O)[C@H]1CCS(=O)(=O)C1)c1occc1-c1ccccc1. The number of rotatable bonds is 3. The van der Waals surface area contributed by atoms with Crippen LogP contribution < -0.4 is 10.9 Å². The van der Waals surface area contributed by atoms with Crippen LogP contribution in [0.3, 0.4) is 0 Å². The average Bonchev–Trinajstić information content (AvgIpc) is 3.19. The van der Waals surface area contributed by atoms with Crippen molar-refractivity contribution in [1.82, 2.24) is 10.9 Å². The van der Waals surface area contributed by atoms with Gasteiger partial charge in [-0.05, 0) is 18.1 Å². The molecule has 1 aliphatic heterocycles. The lowest BCUT2D eigenvalue weighted by Gasteiger charge is -2.10. The van der Waals surface area contributed by atoms with Crippen LogP contribution in [-0.4, -0.2) is 31.7 Å². The van der Waals surface area contributed by atoms with Gasteiger partial charge in [-0.25, -0.2) is 8.42 Å². The minimum absolute atomic E-state index is 0.00459. The van der Waals surface area contributed by atoms with E-state index in [0.29, 0.717) is 5.56 Å². The fraction of sp³-hybridized carbons (Fsp3) is 0.250. The van der Waals surface area contributed by atoms with Gasteiger partial charge in [0.05, 0.1) is 23.7 Å². The maximum atomic E-state index is 12.2. The standard InChI is InChI=1S/C16H16N2O5S/c19-15(12-7-9-24(21,22)10-12)17-18-16(20)14-13(6-8-23-14)11-4-2-1-3-5-11/h1-6,8,12H,7,9-10H2,(H,17,19)(H,18,20)/t12-/m0/s1. The quantitative estimate of drug-likeness (QED) is 0.809. The molecule has 0 aliphatic carbocycles. The second kappa shape index (κ2) is 6.48. The maximum Gasteiger partial charge on any atom is 0.306 e. The summed E-state index contributed by atoms with van der Waals surface area (Å²) in [5, 5.41) is 0. The smallest absolute Gasteiger partial charge is 0.306 e. The number of furan rings is 1. The zero-order valence-electron chi connectivity index (χ0n) is 12.7. The fourth-order valence-corrected chi connectivity index (χ4v) is 4.35. The molecule has 8 heteroatoms. The van der Waals surface area contributed by atoms with Crippen LogP contribution in [0.25, 0.3) is 11.1 Å². The molecule has 0 bridgehead atoms. The third-order valence-corrected chi connectivity index (χ3v) is 5.63. The molecular formula is C16H16N2O5S. The Morgan fingerprint density at radius 3 is 2.50 bits per heavy atom. The largest absolute Gasteiger partial charge is 0.458 e. The topological polar surface area (TPSA) is 105 Å². The van der Waals surface area contributed by atoms with E-state index in [9.17, 15) is 18.0 Å².